The number of thioether (sulfide) groups is 2. The molecule has 0 saturated carbocycles. The van der Waals surface area contributed by atoms with Crippen LogP contribution in [0.2, 0.25) is 0 Å². The summed E-state index contributed by atoms with van der Waals surface area (Å²) < 4.78 is 13.8. The predicted molar refractivity (Wildman–Crippen MR) is 65.8 cm³/mol. The minimum absolute atomic E-state index is 0.159. The summed E-state index contributed by atoms with van der Waals surface area (Å²) >= 11 is 3.01. The Balaban J connectivity index is 2.90. The lowest BCUT2D eigenvalue weighted by molar-refractivity contribution is 0.104. The molecule has 0 radical (unpaired) electrons. The summed E-state index contributed by atoms with van der Waals surface area (Å²) in [5, 5.41) is 0. The van der Waals surface area contributed by atoms with E-state index in [-0.39, 0.29) is 11.6 Å². The molecule has 0 aliphatic heterocycles. The number of rotatable bonds is 4. The second-order valence-electron chi connectivity index (χ2n) is 2.75. The van der Waals surface area contributed by atoms with E-state index in [9.17, 15) is 9.18 Å². The van der Waals surface area contributed by atoms with E-state index in [1.54, 1.807) is 6.07 Å². The van der Waals surface area contributed by atoms with Crippen LogP contribution in [0.3, 0.4) is 0 Å². The van der Waals surface area contributed by atoms with Crippen molar-refractivity contribution in [2.45, 2.75) is 0 Å². The van der Waals surface area contributed by atoms with E-state index in [0.29, 0.717) is 5.56 Å². The van der Waals surface area contributed by atoms with Crippen LogP contribution in [-0.2, 0) is 0 Å². The maximum Gasteiger partial charge on any atom is 0.187 e. The molecule has 0 fully saturated rings. The van der Waals surface area contributed by atoms with Gasteiger partial charge in [0.2, 0.25) is 0 Å². The van der Waals surface area contributed by atoms with Crippen LogP contribution < -0.4 is 0 Å². The van der Waals surface area contributed by atoms with Gasteiger partial charge in [-0.2, -0.15) is 0 Å². The van der Waals surface area contributed by atoms with Gasteiger partial charge in [-0.15, -0.1) is 23.5 Å². The van der Waals surface area contributed by atoms with Crippen molar-refractivity contribution < 1.29 is 9.18 Å². The molecule has 1 aromatic rings. The zero-order chi connectivity index (χ0) is 11.3. The van der Waals surface area contributed by atoms with Gasteiger partial charge in [-0.25, -0.2) is 4.39 Å². The number of carbonyl (C=O) groups excluding carboxylic acids is 1. The van der Waals surface area contributed by atoms with Gasteiger partial charge in [-0.05, 0) is 24.6 Å². The molecule has 0 bridgehead atoms. The lowest BCUT2D eigenvalue weighted by Gasteiger charge is -1.99. The molecule has 15 heavy (non-hydrogen) atoms. The zero-order valence-electron chi connectivity index (χ0n) is 8.49. The molecule has 0 aliphatic rings. The Bertz CT molecular complexity index is 382. The van der Waals surface area contributed by atoms with Crippen LogP contribution in [0.1, 0.15) is 10.4 Å². The molecule has 1 rings (SSSR count). The molecule has 0 amide bonds. The maximum atomic E-state index is 12.8. The first-order valence-electron chi connectivity index (χ1n) is 4.27. The number of allylic oxidation sites excluding steroid dienone is 1. The van der Waals surface area contributed by atoms with Crippen LogP contribution in [0.4, 0.5) is 4.39 Å². The number of hydrogen-bond acceptors (Lipinski definition) is 3. The highest BCUT2D eigenvalue weighted by atomic mass is 32.2. The van der Waals surface area contributed by atoms with E-state index < -0.39 is 0 Å². The summed E-state index contributed by atoms with van der Waals surface area (Å²) in [5.74, 6) is -0.544. The molecule has 0 aromatic heterocycles. The predicted octanol–water partition coefficient (Wildman–Crippen LogP) is 3.58. The van der Waals surface area contributed by atoms with Crippen molar-refractivity contribution in [3.8, 4) is 0 Å². The molecule has 1 nitrogen and oxygen atoms in total. The first kappa shape index (κ1) is 12.3. The second-order valence-corrected chi connectivity index (χ2v) is 4.70. The Morgan fingerprint density at radius 1 is 1.33 bits per heavy atom. The number of carbonyl (C=O) groups is 1. The van der Waals surface area contributed by atoms with E-state index in [1.165, 1.54) is 47.8 Å². The third-order valence-electron chi connectivity index (χ3n) is 1.76. The maximum absolute atomic E-state index is 12.8. The molecule has 0 unspecified atom stereocenters. The number of hydrogen-bond donors (Lipinski definition) is 0. The minimum Gasteiger partial charge on any atom is -0.289 e. The van der Waals surface area contributed by atoms with Gasteiger partial charge in [0.1, 0.15) is 5.82 Å². The van der Waals surface area contributed by atoms with Crippen molar-refractivity contribution in [3.63, 3.8) is 0 Å². The Morgan fingerprint density at radius 2 is 2.00 bits per heavy atom. The first-order chi connectivity index (χ1) is 7.17. The van der Waals surface area contributed by atoms with Crippen LogP contribution in [0.25, 0.3) is 0 Å². The SMILES string of the molecule is CSC(=CC(=O)c1cccc(F)c1)SC. The highest BCUT2D eigenvalue weighted by Gasteiger charge is 2.04. The summed E-state index contributed by atoms with van der Waals surface area (Å²) in [7, 11) is 0. The Kier molecular flexibility index (Phi) is 4.91. The summed E-state index contributed by atoms with van der Waals surface area (Å²) in [4.78, 5) is 11.7. The van der Waals surface area contributed by atoms with Gasteiger partial charge in [0.05, 0.1) is 0 Å². The third-order valence-corrected chi connectivity index (χ3v) is 3.80. The fourth-order valence-corrected chi connectivity index (χ4v) is 2.15. The van der Waals surface area contributed by atoms with Crippen molar-refractivity contribution >= 4 is 29.3 Å². The summed E-state index contributed by atoms with van der Waals surface area (Å²) in [5.41, 5.74) is 0.385. The zero-order valence-corrected chi connectivity index (χ0v) is 10.1. The molecular formula is C11H11FOS2. The van der Waals surface area contributed by atoms with Gasteiger partial charge in [0.15, 0.2) is 5.78 Å². The van der Waals surface area contributed by atoms with Crippen LogP contribution in [0, 0.1) is 5.82 Å². The van der Waals surface area contributed by atoms with Crippen LogP contribution >= 0.6 is 23.5 Å². The highest BCUT2D eigenvalue weighted by molar-refractivity contribution is 8.21. The van der Waals surface area contributed by atoms with E-state index in [2.05, 4.69) is 0 Å². The van der Waals surface area contributed by atoms with Crippen LogP contribution in [-0.4, -0.2) is 18.3 Å². The Hall–Kier alpha value is -0.740. The number of ketones is 1. The second kappa shape index (κ2) is 5.98. The molecular weight excluding hydrogens is 231 g/mol. The topological polar surface area (TPSA) is 17.1 Å². The summed E-state index contributed by atoms with van der Waals surface area (Å²) in [6.45, 7) is 0. The molecule has 0 N–H and O–H groups in total. The van der Waals surface area contributed by atoms with E-state index in [4.69, 9.17) is 0 Å². The van der Waals surface area contributed by atoms with Crippen LogP contribution in [0.5, 0.6) is 0 Å². The largest absolute Gasteiger partial charge is 0.289 e. The fraction of sp³-hybridized carbons (Fsp3) is 0.182. The molecule has 0 aliphatic carbocycles. The molecule has 0 heterocycles. The summed E-state index contributed by atoms with van der Waals surface area (Å²) in [6.07, 6.45) is 5.34. The van der Waals surface area contributed by atoms with Crippen molar-refractivity contribution in [1.82, 2.24) is 0 Å². The van der Waals surface area contributed by atoms with Crippen molar-refractivity contribution in [3.05, 3.63) is 46.0 Å². The molecule has 0 atom stereocenters. The van der Waals surface area contributed by atoms with Crippen molar-refractivity contribution in [2.24, 2.45) is 0 Å². The van der Waals surface area contributed by atoms with Gasteiger partial charge in [0.25, 0.3) is 0 Å². The van der Waals surface area contributed by atoms with Gasteiger partial charge in [0, 0.05) is 15.9 Å². The number of halogens is 1. The summed E-state index contributed by atoms with van der Waals surface area (Å²) in [6, 6.07) is 5.72. The standard InChI is InChI=1S/C11H11FOS2/c1-14-11(15-2)7-10(13)8-4-3-5-9(12)6-8/h3-7H,1-2H3. The average molecular weight is 242 g/mol. The van der Waals surface area contributed by atoms with Crippen molar-refractivity contribution in [1.29, 1.82) is 0 Å². The quantitative estimate of drug-likeness (QED) is 0.593. The minimum atomic E-state index is -0.385. The molecule has 1 aromatic carbocycles. The first-order valence-corrected chi connectivity index (χ1v) is 6.72. The van der Waals surface area contributed by atoms with E-state index >= 15 is 0 Å². The monoisotopic (exact) mass is 242 g/mol. The normalized spacial score (nSPS) is 9.80. The van der Waals surface area contributed by atoms with Gasteiger partial charge >= 0.3 is 0 Å². The fourth-order valence-electron chi connectivity index (χ4n) is 1.03. The lowest BCUT2D eigenvalue weighted by atomic mass is 10.1. The average Bonchev–Trinajstić information content (AvgIpc) is 2.25. The van der Waals surface area contributed by atoms with Gasteiger partial charge < -0.3 is 0 Å². The Labute approximate surface area is 97.1 Å². The lowest BCUT2D eigenvalue weighted by Crippen LogP contribution is -1.95. The van der Waals surface area contributed by atoms with E-state index in [1.807, 2.05) is 12.5 Å². The molecule has 4 heteroatoms. The highest BCUT2D eigenvalue weighted by Crippen LogP contribution is 2.23. The Morgan fingerprint density at radius 3 is 2.53 bits per heavy atom. The third kappa shape index (κ3) is 3.72. The van der Waals surface area contributed by atoms with Crippen LogP contribution in [0.15, 0.2) is 34.6 Å². The van der Waals surface area contributed by atoms with Crippen molar-refractivity contribution in [2.75, 3.05) is 12.5 Å². The molecule has 80 valence electrons. The van der Waals surface area contributed by atoms with Gasteiger partial charge in [-0.1, -0.05) is 12.1 Å². The smallest absolute Gasteiger partial charge is 0.187 e. The molecule has 0 saturated heterocycles. The number of benzene rings is 1. The van der Waals surface area contributed by atoms with E-state index in [0.717, 1.165) is 4.24 Å². The van der Waals surface area contributed by atoms with Gasteiger partial charge in [-0.3, -0.25) is 4.79 Å². The molecule has 0 spiro atoms.